The Hall–Kier alpha value is -1.59. The number of carbonyl (C=O) groups is 2. The van der Waals surface area contributed by atoms with E-state index in [1.54, 1.807) is 30.0 Å². The molecule has 1 N–H and O–H groups in total. The van der Waals surface area contributed by atoms with E-state index in [1.165, 1.54) is 0 Å². The summed E-state index contributed by atoms with van der Waals surface area (Å²) in [5.41, 5.74) is 0.696. The molecule has 1 atom stereocenters. The van der Waals surface area contributed by atoms with Crippen molar-refractivity contribution < 1.29 is 9.59 Å². The van der Waals surface area contributed by atoms with Crippen molar-refractivity contribution in [3.8, 4) is 0 Å². The molecule has 1 aromatic carbocycles. The van der Waals surface area contributed by atoms with Gasteiger partial charge in [0.2, 0.25) is 11.8 Å². The molecule has 0 aliphatic carbocycles. The molecule has 1 fully saturated rings. The van der Waals surface area contributed by atoms with Crippen LogP contribution < -0.4 is 5.32 Å². The average Bonchev–Trinajstić information content (AvgIpc) is 2.46. The maximum Gasteiger partial charge on any atom is 0.241 e. The second-order valence-corrected chi connectivity index (χ2v) is 5.65. The third-order valence-electron chi connectivity index (χ3n) is 3.78. The van der Waals surface area contributed by atoms with E-state index in [4.69, 9.17) is 11.6 Å². The lowest BCUT2D eigenvalue weighted by atomic mass is 10.2. The summed E-state index contributed by atoms with van der Waals surface area (Å²) in [5.74, 6) is 0.0271. The van der Waals surface area contributed by atoms with Crippen LogP contribution in [0.5, 0.6) is 0 Å². The predicted octanol–water partition coefficient (Wildman–Crippen LogP) is 1.83. The highest BCUT2D eigenvalue weighted by molar-refractivity contribution is 6.30. The van der Waals surface area contributed by atoms with E-state index in [1.807, 2.05) is 13.0 Å². The van der Waals surface area contributed by atoms with E-state index < -0.39 is 0 Å². The van der Waals surface area contributed by atoms with Gasteiger partial charge in [0.1, 0.15) is 0 Å². The first-order valence-corrected chi connectivity index (χ1v) is 7.41. The standard InChI is InChI=1S/C15H20ClN3O2/c1-11(18-6-8-19(9-7-18)12(2)20)15(21)17-14-5-3-4-13(16)10-14/h3-5,10-11H,6-9H2,1-2H3,(H,17,21)/t11-/m0/s1. The van der Waals surface area contributed by atoms with Crippen LogP contribution in [0, 0.1) is 0 Å². The van der Waals surface area contributed by atoms with Gasteiger partial charge in [-0.05, 0) is 25.1 Å². The van der Waals surface area contributed by atoms with Gasteiger partial charge < -0.3 is 10.2 Å². The highest BCUT2D eigenvalue weighted by Gasteiger charge is 2.26. The molecule has 1 heterocycles. The number of hydrogen-bond donors (Lipinski definition) is 1. The Bertz CT molecular complexity index is 527. The van der Waals surface area contributed by atoms with Gasteiger partial charge in [0.25, 0.3) is 0 Å². The number of amides is 2. The number of nitrogens with one attached hydrogen (secondary N) is 1. The van der Waals surface area contributed by atoms with Crippen molar-refractivity contribution in [2.24, 2.45) is 0 Å². The van der Waals surface area contributed by atoms with Gasteiger partial charge in [-0.3, -0.25) is 14.5 Å². The van der Waals surface area contributed by atoms with Gasteiger partial charge in [0, 0.05) is 43.8 Å². The molecule has 1 aliphatic heterocycles. The zero-order valence-corrected chi connectivity index (χ0v) is 13.1. The molecule has 21 heavy (non-hydrogen) atoms. The molecule has 0 aromatic heterocycles. The molecule has 2 amide bonds. The van der Waals surface area contributed by atoms with Crippen molar-refractivity contribution in [1.29, 1.82) is 0 Å². The first-order valence-electron chi connectivity index (χ1n) is 7.03. The lowest BCUT2D eigenvalue weighted by Gasteiger charge is -2.37. The van der Waals surface area contributed by atoms with Crippen molar-refractivity contribution >= 4 is 29.1 Å². The fraction of sp³-hybridized carbons (Fsp3) is 0.467. The fourth-order valence-electron chi connectivity index (χ4n) is 2.40. The molecule has 0 spiro atoms. The number of halogens is 1. The third kappa shape index (κ3) is 4.19. The molecule has 2 rings (SSSR count). The van der Waals surface area contributed by atoms with Crippen LogP contribution in [-0.2, 0) is 9.59 Å². The molecule has 5 nitrogen and oxygen atoms in total. The molecule has 0 saturated carbocycles. The highest BCUT2D eigenvalue weighted by Crippen LogP contribution is 2.16. The molecule has 0 radical (unpaired) electrons. The van der Waals surface area contributed by atoms with Gasteiger partial charge in [-0.25, -0.2) is 0 Å². The third-order valence-corrected chi connectivity index (χ3v) is 4.01. The van der Waals surface area contributed by atoms with E-state index in [0.717, 1.165) is 0 Å². The van der Waals surface area contributed by atoms with Gasteiger partial charge in [0.15, 0.2) is 0 Å². The largest absolute Gasteiger partial charge is 0.340 e. The Morgan fingerprint density at radius 1 is 1.24 bits per heavy atom. The van der Waals surface area contributed by atoms with Crippen LogP contribution in [0.3, 0.4) is 0 Å². The summed E-state index contributed by atoms with van der Waals surface area (Å²) in [6.07, 6.45) is 0. The first-order chi connectivity index (χ1) is 9.97. The van der Waals surface area contributed by atoms with Gasteiger partial charge in [-0.1, -0.05) is 17.7 Å². The lowest BCUT2D eigenvalue weighted by Crippen LogP contribution is -2.53. The maximum atomic E-state index is 12.3. The van der Waals surface area contributed by atoms with E-state index in [9.17, 15) is 9.59 Å². The molecular weight excluding hydrogens is 290 g/mol. The first kappa shape index (κ1) is 15.8. The number of nitrogens with zero attached hydrogens (tertiary/aromatic N) is 2. The summed E-state index contributed by atoms with van der Waals surface area (Å²) < 4.78 is 0. The Morgan fingerprint density at radius 2 is 1.90 bits per heavy atom. The predicted molar refractivity (Wildman–Crippen MR) is 83.4 cm³/mol. The molecule has 0 unspecified atom stereocenters. The van der Waals surface area contributed by atoms with E-state index in [0.29, 0.717) is 36.9 Å². The summed E-state index contributed by atoms with van der Waals surface area (Å²) in [4.78, 5) is 27.4. The lowest BCUT2D eigenvalue weighted by molar-refractivity contribution is -0.131. The van der Waals surface area contributed by atoms with Gasteiger partial charge >= 0.3 is 0 Å². The van der Waals surface area contributed by atoms with Crippen LogP contribution >= 0.6 is 11.6 Å². The highest BCUT2D eigenvalue weighted by atomic mass is 35.5. The van der Waals surface area contributed by atoms with Crippen LogP contribution in [0.2, 0.25) is 5.02 Å². The number of hydrogen-bond acceptors (Lipinski definition) is 3. The van der Waals surface area contributed by atoms with Crippen molar-refractivity contribution in [3.63, 3.8) is 0 Å². The molecule has 1 aromatic rings. The number of piperazine rings is 1. The summed E-state index contributed by atoms with van der Waals surface area (Å²) in [5, 5.41) is 3.46. The average molecular weight is 310 g/mol. The fourth-order valence-corrected chi connectivity index (χ4v) is 2.59. The SMILES string of the molecule is CC(=O)N1CCN([C@@H](C)C(=O)Nc2cccc(Cl)c2)CC1. The van der Waals surface area contributed by atoms with Crippen LogP contribution in [0.1, 0.15) is 13.8 Å². The number of benzene rings is 1. The van der Waals surface area contributed by atoms with Crippen molar-refractivity contribution in [2.75, 3.05) is 31.5 Å². The number of rotatable bonds is 3. The van der Waals surface area contributed by atoms with Crippen LogP contribution in [-0.4, -0.2) is 53.8 Å². The Labute approximate surface area is 129 Å². The van der Waals surface area contributed by atoms with Crippen molar-refractivity contribution in [3.05, 3.63) is 29.3 Å². The van der Waals surface area contributed by atoms with Crippen molar-refractivity contribution in [1.82, 2.24) is 9.80 Å². The van der Waals surface area contributed by atoms with Gasteiger partial charge in [-0.2, -0.15) is 0 Å². The monoisotopic (exact) mass is 309 g/mol. The Kier molecular flexibility index (Phi) is 5.20. The molecular formula is C15H20ClN3O2. The topological polar surface area (TPSA) is 52.7 Å². The summed E-state index contributed by atoms with van der Waals surface area (Å²) in [6, 6.07) is 6.86. The Balaban J connectivity index is 1.90. The number of anilines is 1. The van der Waals surface area contributed by atoms with Crippen molar-refractivity contribution in [2.45, 2.75) is 19.9 Å². The Morgan fingerprint density at radius 3 is 2.48 bits per heavy atom. The molecule has 0 bridgehead atoms. The molecule has 1 aliphatic rings. The maximum absolute atomic E-state index is 12.3. The minimum Gasteiger partial charge on any atom is -0.340 e. The molecule has 6 heteroatoms. The summed E-state index contributed by atoms with van der Waals surface area (Å²) in [7, 11) is 0. The van der Waals surface area contributed by atoms with Gasteiger partial charge in [-0.15, -0.1) is 0 Å². The van der Waals surface area contributed by atoms with Crippen LogP contribution in [0.25, 0.3) is 0 Å². The smallest absolute Gasteiger partial charge is 0.241 e. The van der Waals surface area contributed by atoms with Gasteiger partial charge in [0.05, 0.1) is 6.04 Å². The molecule has 114 valence electrons. The zero-order valence-electron chi connectivity index (χ0n) is 12.3. The van der Waals surface area contributed by atoms with E-state index >= 15 is 0 Å². The normalized spacial score (nSPS) is 17.4. The minimum absolute atomic E-state index is 0.0615. The van der Waals surface area contributed by atoms with Crippen LogP contribution in [0.15, 0.2) is 24.3 Å². The number of carbonyl (C=O) groups excluding carboxylic acids is 2. The van der Waals surface area contributed by atoms with E-state index in [2.05, 4.69) is 10.2 Å². The second kappa shape index (κ2) is 6.91. The second-order valence-electron chi connectivity index (χ2n) is 5.22. The summed E-state index contributed by atoms with van der Waals surface area (Å²) >= 11 is 5.90. The zero-order chi connectivity index (χ0) is 15.4. The summed E-state index contributed by atoms with van der Waals surface area (Å²) in [6.45, 7) is 6.22. The van der Waals surface area contributed by atoms with E-state index in [-0.39, 0.29) is 17.9 Å². The quantitative estimate of drug-likeness (QED) is 0.927. The molecule has 1 saturated heterocycles. The van der Waals surface area contributed by atoms with Crippen LogP contribution in [0.4, 0.5) is 5.69 Å². The minimum atomic E-state index is -0.238.